The Balaban J connectivity index is 2.10. The first-order valence-corrected chi connectivity index (χ1v) is 9.64. The van der Waals surface area contributed by atoms with Gasteiger partial charge in [-0.2, -0.15) is 0 Å². The van der Waals surface area contributed by atoms with Crippen molar-refractivity contribution < 1.29 is 17.9 Å². The van der Waals surface area contributed by atoms with Gasteiger partial charge in [0.15, 0.2) is 9.84 Å². The fraction of sp³-hybridized carbons (Fsp3) is 0.588. The van der Waals surface area contributed by atoms with E-state index >= 15 is 0 Å². The highest BCUT2D eigenvalue weighted by Crippen LogP contribution is 2.23. The lowest BCUT2D eigenvalue weighted by Gasteiger charge is -2.18. The Hall–Kier alpha value is -1.40. The van der Waals surface area contributed by atoms with E-state index in [0.29, 0.717) is 12.3 Å². The molecule has 0 unspecified atom stereocenters. The number of rotatable bonds is 5. The minimum absolute atomic E-state index is 0.0898. The van der Waals surface area contributed by atoms with Crippen LogP contribution in [0.25, 0.3) is 0 Å². The van der Waals surface area contributed by atoms with Gasteiger partial charge in [-0.05, 0) is 51.7 Å². The number of hydrogen-bond donors (Lipinski definition) is 1. The van der Waals surface area contributed by atoms with Crippen LogP contribution in [0.15, 0.2) is 12.1 Å². The van der Waals surface area contributed by atoms with Crippen molar-refractivity contribution in [1.29, 1.82) is 0 Å². The van der Waals surface area contributed by atoms with Crippen molar-refractivity contribution >= 4 is 21.4 Å². The maximum Gasteiger partial charge on any atom is 0.242 e. The summed E-state index contributed by atoms with van der Waals surface area (Å²) in [6, 6.07) is 3.93. The summed E-state index contributed by atoms with van der Waals surface area (Å²) < 4.78 is 30.2. The Labute approximate surface area is 138 Å². The van der Waals surface area contributed by atoms with Crippen molar-refractivity contribution in [3.8, 4) is 0 Å². The monoisotopic (exact) mass is 339 g/mol. The summed E-state index contributed by atoms with van der Waals surface area (Å²) in [4.78, 5) is 12.4. The third kappa shape index (κ3) is 4.32. The van der Waals surface area contributed by atoms with Gasteiger partial charge in [-0.15, -0.1) is 0 Å². The number of carbonyl (C=O) groups is 1. The van der Waals surface area contributed by atoms with Gasteiger partial charge in [-0.3, -0.25) is 4.79 Å². The average Bonchev–Trinajstić information content (AvgIpc) is 2.93. The Morgan fingerprint density at radius 1 is 1.30 bits per heavy atom. The molecule has 0 radical (unpaired) electrons. The largest absolute Gasteiger partial charge is 0.377 e. The first kappa shape index (κ1) is 17.9. The molecule has 1 aromatic rings. The summed E-state index contributed by atoms with van der Waals surface area (Å²) in [6.07, 6.45) is 1.34. The first-order chi connectivity index (χ1) is 10.7. The van der Waals surface area contributed by atoms with E-state index in [2.05, 4.69) is 5.32 Å². The van der Waals surface area contributed by atoms with Crippen LogP contribution in [-0.4, -0.2) is 38.0 Å². The molecular formula is C17H25NO4S. The highest BCUT2D eigenvalue weighted by molar-refractivity contribution is 7.92. The normalized spacial score (nSPS) is 19.6. The average molecular weight is 339 g/mol. The maximum absolute atomic E-state index is 12.4. The van der Waals surface area contributed by atoms with E-state index in [9.17, 15) is 13.2 Å². The second-order valence-corrected chi connectivity index (χ2v) is 8.74. The fourth-order valence-electron chi connectivity index (χ4n) is 2.94. The molecule has 1 fully saturated rings. The molecular weight excluding hydrogens is 314 g/mol. The topological polar surface area (TPSA) is 72.5 Å². The number of carbonyl (C=O) groups excluding carboxylic acids is 1. The quantitative estimate of drug-likeness (QED) is 0.895. The minimum atomic E-state index is -3.53. The van der Waals surface area contributed by atoms with Crippen molar-refractivity contribution in [3.05, 3.63) is 28.8 Å². The van der Waals surface area contributed by atoms with E-state index in [-0.39, 0.29) is 11.9 Å². The summed E-state index contributed by atoms with van der Waals surface area (Å²) in [5, 5.41) is 1.69. The predicted molar refractivity (Wildman–Crippen MR) is 91.5 cm³/mol. The van der Waals surface area contributed by atoms with Crippen LogP contribution in [0, 0.1) is 20.8 Å². The number of nitrogens with one attached hydrogen (secondary N) is 1. The Morgan fingerprint density at radius 2 is 1.91 bits per heavy atom. The lowest BCUT2D eigenvalue weighted by atomic mass is 10.1. The number of aryl methyl sites for hydroxylation is 3. The smallest absolute Gasteiger partial charge is 0.242 e. The van der Waals surface area contributed by atoms with Crippen LogP contribution in [0.3, 0.4) is 0 Å². The van der Waals surface area contributed by atoms with E-state index in [1.807, 2.05) is 32.9 Å². The number of hydrogen-bond acceptors (Lipinski definition) is 4. The summed E-state index contributed by atoms with van der Waals surface area (Å²) in [5.74, 6) is -0.578. The SMILES string of the molecule is Cc1cc(C)c(NC(=O)[C@@H](C)S(=O)(=O)C[C@H]2CCCO2)c(C)c1. The van der Waals surface area contributed by atoms with Gasteiger partial charge in [0.2, 0.25) is 5.91 Å². The zero-order valence-electron chi connectivity index (χ0n) is 14.2. The molecule has 6 heteroatoms. The Bertz CT molecular complexity index is 668. The standard InChI is InChI=1S/C17H25NO4S/c1-11-8-12(2)16(13(3)9-11)18-17(19)14(4)23(20,21)10-15-6-5-7-22-15/h8-9,14-15H,5-7,10H2,1-4H3,(H,18,19)/t14-,15-/m1/s1. The number of benzene rings is 1. The highest BCUT2D eigenvalue weighted by Gasteiger charge is 2.32. The van der Waals surface area contributed by atoms with Crippen LogP contribution in [-0.2, 0) is 19.4 Å². The number of amides is 1. The molecule has 2 atom stereocenters. The van der Waals surface area contributed by atoms with E-state index in [1.54, 1.807) is 0 Å². The maximum atomic E-state index is 12.4. The molecule has 0 aliphatic carbocycles. The van der Waals surface area contributed by atoms with Gasteiger partial charge in [0.25, 0.3) is 0 Å². The zero-order chi connectivity index (χ0) is 17.2. The molecule has 128 valence electrons. The second kappa shape index (κ2) is 7.01. The molecule has 1 amide bonds. The summed E-state index contributed by atoms with van der Waals surface area (Å²) >= 11 is 0. The van der Waals surface area contributed by atoms with Gasteiger partial charge < -0.3 is 10.1 Å². The molecule has 0 aromatic heterocycles. The lowest BCUT2D eigenvalue weighted by molar-refractivity contribution is -0.115. The first-order valence-electron chi connectivity index (χ1n) is 7.92. The van der Waals surface area contributed by atoms with Crippen molar-refractivity contribution in [2.24, 2.45) is 0 Å². The zero-order valence-corrected chi connectivity index (χ0v) is 15.0. The van der Waals surface area contributed by atoms with Crippen LogP contribution in [0.2, 0.25) is 0 Å². The fourth-order valence-corrected chi connectivity index (χ4v) is 4.40. The van der Waals surface area contributed by atoms with Crippen LogP contribution < -0.4 is 5.32 Å². The third-order valence-electron chi connectivity index (χ3n) is 4.28. The number of ether oxygens (including phenoxy) is 1. The van der Waals surface area contributed by atoms with Crippen LogP contribution in [0.4, 0.5) is 5.69 Å². The van der Waals surface area contributed by atoms with E-state index in [4.69, 9.17) is 4.74 Å². The molecule has 0 spiro atoms. The molecule has 1 aliphatic heterocycles. The summed E-state index contributed by atoms with van der Waals surface area (Å²) in [6.45, 7) is 7.84. The van der Waals surface area contributed by atoms with Crippen LogP contribution >= 0.6 is 0 Å². The Kier molecular flexibility index (Phi) is 5.47. The second-order valence-electron chi connectivity index (χ2n) is 6.37. The molecule has 1 aromatic carbocycles. The van der Waals surface area contributed by atoms with Gasteiger partial charge in [0.1, 0.15) is 5.25 Å². The third-order valence-corrected chi connectivity index (χ3v) is 6.40. The molecule has 0 saturated carbocycles. The Morgan fingerprint density at radius 3 is 2.43 bits per heavy atom. The van der Waals surface area contributed by atoms with Crippen molar-refractivity contribution in [2.75, 3.05) is 17.7 Å². The molecule has 23 heavy (non-hydrogen) atoms. The molecule has 0 bridgehead atoms. The van der Waals surface area contributed by atoms with Gasteiger partial charge >= 0.3 is 0 Å². The van der Waals surface area contributed by atoms with Crippen molar-refractivity contribution in [1.82, 2.24) is 0 Å². The molecule has 5 nitrogen and oxygen atoms in total. The number of anilines is 1. The van der Waals surface area contributed by atoms with E-state index in [0.717, 1.165) is 29.5 Å². The van der Waals surface area contributed by atoms with Gasteiger partial charge in [0, 0.05) is 12.3 Å². The molecule has 2 rings (SSSR count). The molecule has 1 aliphatic rings. The van der Waals surface area contributed by atoms with Crippen LogP contribution in [0.5, 0.6) is 0 Å². The predicted octanol–water partition coefficient (Wildman–Crippen LogP) is 2.53. The number of sulfone groups is 1. The molecule has 1 saturated heterocycles. The van der Waals surface area contributed by atoms with Crippen molar-refractivity contribution in [3.63, 3.8) is 0 Å². The van der Waals surface area contributed by atoms with Gasteiger partial charge in [-0.25, -0.2) is 8.42 Å². The minimum Gasteiger partial charge on any atom is -0.377 e. The van der Waals surface area contributed by atoms with E-state index < -0.39 is 21.0 Å². The van der Waals surface area contributed by atoms with E-state index in [1.165, 1.54) is 6.92 Å². The van der Waals surface area contributed by atoms with Crippen LogP contribution in [0.1, 0.15) is 36.5 Å². The summed E-state index contributed by atoms with van der Waals surface area (Å²) in [7, 11) is -3.53. The molecule has 1 heterocycles. The lowest BCUT2D eigenvalue weighted by Crippen LogP contribution is -2.37. The summed E-state index contributed by atoms with van der Waals surface area (Å²) in [5.41, 5.74) is 3.66. The van der Waals surface area contributed by atoms with Crippen molar-refractivity contribution in [2.45, 2.75) is 51.9 Å². The highest BCUT2D eigenvalue weighted by atomic mass is 32.2. The van der Waals surface area contributed by atoms with Gasteiger partial charge in [-0.1, -0.05) is 17.7 Å². The molecule has 1 N–H and O–H groups in total. The van der Waals surface area contributed by atoms with Gasteiger partial charge in [0.05, 0.1) is 11.9 Å².